The molecule has 324 valence electrons. The van der Waals surface area contributed by atoms with Crippen LogP contribution in [0.15, 0.2) is 76.4 Å². The molecule has 0 bridgehead atoms. The summed E-state index contributed by atoms with van der Waals surface area (Å²) in [5, 5.41) is 51.0. The van der Waals surface area contributed by atoms with Gasteiger partial charge in [-0.25, -0.2) is 9.59 Å². The molecule has 2 aromatic carbocycles. The number of carboxylic acids is 1. The maximum absolute atomic E-state index is 14.0. The number of hydrogen-bond acceptors (Lipinski definition) is 13. The Balaban J connectivity index is 1.45. The summed E-state index contributed by atoms with van der Waals surface area (Å²) in [4.78, 5) is 64.6. The smallest absolute Gasteiger partial charge is 0.408 e. The van der Waals surface area contributed by atoms with E-state index in [0.717, 1.165) is 14.7 Å². The average Bonchev–Trinajstić information content (AvgIpc) is 3.49. The fourth-order valence-electron chi connectivity index (χ4n) is 6.13. The molecule has 0 radical (unpaired) electrons. The number of amides is 2. The molecule has 1 aliphatic heterocycles. The van der Waals surface area contributed by atoms with E-state index in [9.17, 15) is 44.4 Å². The third-order valence-electron chi connectivity index (χ3n) is 10.6. The molecule has 3 aromatic rings. The molecule has 59 heavy (non-hydrogen) atoms. The lowest BCUT2D eigenvalue weighted by Crippen LogP contribution is -2.53. The Morgan fingerprint density at radius 3 is 2.22 bits per heavy atom. The molecule has 0 saturated carbocycles. The van der Waals surface area contributed by atoms with Gasteiger partial charge in [0.05, 0.1) is 31.8 Å². The second-order valence-corrected chi connectivity index (χ2v) is 20.7. The molecule has 18 nitrogen and oxygen atoms in total. The summed E-state index contributed by atoms with van der Waals surface area (Å²) < 4.78 is 25.2. The lowest BCUT2D eigenvalue weighted by atomic mass is 9.94. The zero-order valence-corrected chi connectivity index (χ0v) is 35.4. The fourth-order valence-corrected chi connectivity index (χ4v) is 7.42. The van der Waals surface area contributed by atoms with E-state index in [-0.39, 0.29) is 37.8 Å². The van der Waals surface area contributed by atoms with E-state index in [1.165, 1.54) is 26.3 Å². The molecule has 0 spiro atoms. The molecule has 2 heterocycles. The third-order valence-corrected chi connectivity index (χ3v) is 15.1. The molecular formula is C40H57N5O13Si. The monoisotopic (exact) mass is 843 g/mol. The van der Waals surface area contributed by atoms with Crippen LogP contribution in [0.25, 0.3) is 0 Å². The van der Waals surface area contributed by atoms with Crippen molar-refractivity contribution in [3.8, 4) is 5.75 Å². The Morgan fingerprint density at radius 1 is 0.966 bits per heavy atom. The number of aliphatic hydroxyl groups excluding tert-OH is 3. The number of hydrogen-bond donors (Lipinski definition) is 7. The number of carbonyl (C=O) groups excluding carboxylic acids is 2. The first-order valence-corrected chi connectivity index (χ1v) is 22.2. The number of aliphatic hydroxyl groups is 3. The SMILES string of the molecule is COc1ccc(Cn2c(=O)ccn([C@@H]3O[C@H](C(O)[C@H](CNCCNC(=O)[C@@H](NC(=O)OCc4ccccc4)[C@H](C)O)C(=O)O)[C@@H](O)[C@H]3O[Si](C)(C)C(C)(C)C)c2=O)cc1. The van der Waals surface area contributed by atoms with Gasteiger partial charge in [-0.2, -0.15) is 0 Å². The summed E-state index contributed by atoms with van der Waals surface area (Å²) in [6, 6.07) is 15.5. The van der Waals surface area contributed by atoms with Crippen LogP contribution in [-0.4, -0.2) is 119 Å². The first kappa shape index (κ1) is 46.8. The minimum Gasteiger partial charge on any atom is -0.497 e. The van der Waals surface area contributed by atoms with Crippen molar-refractivity contribution in [3.05, 3.63) is 98.8 Å². The van der Waals surface area contributed by atoms with Crippen LogP contribution in [0.4, 0.5) is 4.79 Å². The number of alkyl carbamates (subject to hydrolysis) is 1. The van der Waals surface area contributed by atoms with Gasteiger partial charge in [0, 0.05) is 31.9 Å². The van der Waals surface area contributed by atoms with Gasteiger partial charge in [-0.05, 0) is 48.3 Å². The first-order valence-electron chi connectivity index (χ1n) is 19.3. The van der Waals surface area contributed by atoms with E-state index in [4.69, 9.17) is 18.6 Å². The lowest BCUT2D eigenvalue weighted by Gasteiger charge is -2.40. The minimum atomic E-state index is -2.72. The van der Waals surface area contributed by atoms with Crippen molar-refractivity contribution in [2.45, 2.75) is 102 Å². The maximum atomic E-state index is 14.0. The Hall–Kier alpha value is -4.89. The number of aromatic nitrogens is 2. The van der Waals surface area contributed by atoms with Crippen LogP contribution in [0.3, 0.4) is 0 Å². The van der Waals surface area contributed by atoms with Crippen LogP contribution >= 0.6 is 0 Å². The van der Waals surface area contributed by atoms with Gasteiger partial charge in [-0.3, -0.25) is 23.5 Å². The molecule has 1 saturated heterocycles. The van der Waals surface area contributed by atoms with E-state index >= 15 is 0 Å². The fraction of sp³-hybridized carbons (Fsp3) is 0.525. The van der Waals surface area contributed by atoms with E-state index < -0.39 is 86.2 Å². The van der Waals surface area contributed by atoms with Crippen LogP contribution < -0.4 is 31.9 Å². The standard InChI is InChI=1S/C40H57N5O13Si/c1-24(46)30(43-38(53)56-23-26-11-9-8-10-12-26)35(50)42-19-18-41-21-28(37(51)52)31(48)33-32(49)34(58-59(6,7)40(2,3)4)36(57-33)44-20-17-29(47)45(39(44)54)22-25-13-15-27(55-5)16-14-25/h8-17,20,24,28,30-34,36,41,46,48-49H,18-19,21-23H2,1-7H3,(H,42,50)(H,43,53)(H,51,52)/t24-,28-,30-,31?,32+,33+,34+,36+/m0/s1. The van der Waals surface area contributed by atoms with Crippen molar-refractivity contribution in [1.82, 2.24) is 25.1 Å². The number of methoxy groups -OCH3 is 1. The molecule has 1 unspecified atom stereocenters. The van der Waals surface area contributed by atoms with Crippen LogP contribution in [0.1, 0.15) is 45.0 Å². The average molecular weight is 844 g/mol. The van der Waals surface area contributed by atoms with Gasteiger partial charge in [-0.1, -0.05) is 63.2 Å². The van der Waals surface area contributed by atoms with Crippen molar-refractivity contribution in [2.24, 2.45) is 5.92 Å². The predicted molar refractivity (Wildman–Crippen MR) is 217 cm³/mol. The Kier molecular flexibility index (Phi) is 16.2. The van der Waals surface area contributed by atoms with Gasteiger partial charge in [0.2, 0.25) is 5.91 Å². The predicted octanol–water partition coefficient (Wildman–Crippen LogP) is 1.16. The van der Waals surface area contributed by atoms with Gasteiger partial charge in [0.1, 0.15) is 36.7 Å². The number of aliphatic carboxylic acids is 1. The second kappa shape index (κ2) is 20.4. The van der Waals surface area contributed by atoms with Gasteiger partial charge in [-0.15, -0.1) is 0 Å². The van der Waals surface area contributed by atoms with Crippen molar-refractivity contribution < 1.29 is 53.4 Å². The number of rotatable bonds is 19. The van der Waals surface area contributed by atoms with Crippen LogP contribution in [0, 0.1) is 5.92 Å². The lowest BCUT2D eigenvalue weighted by molar-refractivity contribution is -0.154. The number of carboxylic acid groups (broad SMARTS) is 1. The Morgan fingerprint density at radius 2 is 1.63 bits per heavy atom. The minimum absolute atomic E-state index is 0.00612. The molecule has 0 aliphatic carbocycles. The van der Waals surface area contributed by atoms with Gasteiger partial charge < -0.3 is 55.0 Å². The summed E-state index contributed by atoms with van der Waals surface area (Å²) in [5.74, 6) is -3.11. The summed E-state index contributed by atoms with van der Waals surface area (Å²) in [6.45, 7) is 10.5. The van der Waals surface area contributed by atoms with E-state index in [0.29, 0.717) is 11.3 Å². The number of carbonyl (C=O) groups is 3. The molecule has 4 rings (SSSR count). The number of ether oxygens (including phenoxy) is 3. The van der Waals surface area contributed by atoms with Crippen molar-refractivity contribution in [2.75, 3.05) is 26.7 Å². The number of nitrogens with zero attached hydrogens (tertiary/aromatic N) is 2. The van der Waals surface area contributed by atoms with E-state index in [1.807, 2.05) is 39.9 Å². The molecule has 19 heteroatoms. The molecule has 8 atom stereocenters. The zero-order chi connectivity index (χ0) is 43.7. The van der Waals surface area contributed by atoms with Crippen LogP contribution in [-0.2, 0) is 36.6 Å². The van der Waals surface area contributed by atoms with E-state index in [2.05, 4.69) is 16.0 Å². The van der Waals surface area contributed by atoms with Gasteiger partial charge >= 0.3 is 17.8 Å². The highest BCUT2D eigenvalue weighted by atomic mass is 28.4. The van der Waals surface area contributed by atoms with Gasteiger partial charge in [0.15, 0.2) is 14.5 Å². The maximum Gasteiger partial charge on any atom is 0.408 e. The van der Waals surface area contributed by atoms with E-state index in [1.54, 1.807) is 48.5 Å². The number of benzene rings is 2. The summed E-state index contributed by atoms with van der Waals surface area (Å²) in [6.07, 6.45) is -8.57. The molecule has 1 aliphatic rings. The Labute approximate surface area is 343 Å². The second-order valence-electron chi connectivity index (χ2n) is 16.0. The highest BCUT2D eigenvalue weighted by molar-refractivity contribution is 6.74. The normalized spacial score (nSPS) is 20.2. The largest absolute Gasteiger partial charge is 0.497 e. The van der Waals surface area contributed by atoms with Gasteiger partial charge in [0.25, 0.3) is 5.56 Å². The molecule has 7 N–H and O–H groups in total. The van der Waals surface area contributed by atoms with Crippen LogP contribution in [0.2, 0.25) is 18.1 Å². The summed E-state index contributed by atoms with van der Waals surface area (Å²) >= 11 is 0. The van der Waals surface area contributed by atoms with Crippen molar-refractivity contribution in [3.63, 3.8) is 0 Å². The topological polar surface area (TPSA) is 249 Å². The summed E-state index contributed by atoms with van der Waals surface area (Å²) in [7, 11) is -1.21. The first-order chi connectivity index (χ1) is 27.7. The molecular weight excluding hydrogens is 787 g/mol. The van der Waals surface area contributed by atoms with Crippen LogP contribution in [0.5, 0.6) is 5.75 Å². The number of nitrogens with one attached hydrogen (secondary N) is 3. The van der Waals surface area contributed by atoms with Crippen molar-refractivity contribution >= 4 is 26.3 Å². The Bertz CT molecular complexity index is 1980. The molecule has 2 amide bonds. The zero-order valence-electron chi connectivity index (χ0n) is 34.4. The molecule has 1 fully saturated rings. The van der Waals surface area contributed by atoms with Crippen molar-refractivity contribution in [1.29, 1.82) is 0 Å². The highest BCUT2D eigenvalue weighted by Gasteiger charge is 2.54. The molecule has 1 aromatic heterocycles. The quantitative estimate of drug-likeness (QED) is 0.0662. The highest BCUT2D eigenvalue weighted by Crippen LogP contribution is 2.42. The summed E-state index contributed by atoms with van der Waals surface area (Å²) in [5.41, 5.74) is -0.0106. The third kappa shape index (κ3) is 12.1.